The smallest absolute Gasteiger partial charge is 0.240 e. The van der Waals surface area contributed by atoms with Crippen molar-refractivity contribution in [1.29, 1.82) is 0 Å². The number of hydrogen-bond donors (Lipinski definition) is 2. The van der Waals surface area contributed by atoms with E-state index >= 15 is 0 Å². The minimum Gasteiger partial charge on any atom is -0.369 e. The van der Waals surface area contributed by atoms with Gasteiger partial charge in [0, 0.05) is 23.5 Å². The van der Waals surface area contributed by atoms with Gasteiger partial charge in [-0.1, -0.05) is 6.07 Å². The molecule has 3 N–H and O–H groups in total. The monoisotopic (exact) mass is 333 g/mol. The molecular formula is C16H19N3O3S. The molecule has 7 heteroatoms. The van der Waals surface area contributed by atoms with Gasteiger partial charge in [0.1, 0.15) is 0 Å². The van der Waals surface area contributed by atoms with Gasteiger partial charge in [0.25, 0.3) is 0 Å². The number of carbonyl (C=O) groups is 1. The maximum absolute atomic E-state index is 12.5. The molecule has 0 spiro atoms. The molecule has 3 rings (SSSR count). The van der Waals surface area contributed by atoms with Crippen molar-refractivity contribution in [2.75, 3.05) is 0 Å². The Labute approximate surface area is 135 Å². The maximum Gasteiger partial charge on any atom is 0.240 e. The molecule has 1 aromatic carbocycles. The first-order valence-corrected chi connectivity index (χ1v) is 9.10. The molecule has 2 aromatic rings. The van der Waals surface area contributed by atoms with Crippen molar-refractivity contribution in [3.63, 3.8) is 0 Å². The van der Waals surface area contributed by atoms with Crippen LogP contribution in [0.3, 0.4) is 0 Å². The summed E-state index contributed by atoms with van der Waals surface area (Å²) >= 11 is 0. The van der Waals surface area contributed by atoms with E-state index in [1.807, 2.05) is 6.07 Å². The van der Waals surface area contributed by atoms with Crippen LogP contribution >= 0.6 is 0 Å². The summed E-state index contributed by atoms with van der Waals surface area (Å²) in [4.78, 5) is 15.6. The molecule has 1 saturated carbocycles. The van der Waals surface area contributed by atoms with Crippen LogP contribution in [-0.4, -0.2) is 25.4 Å². The molecule has 1 fully saturated rings. The van der Waals surface area contributed by atoms with Crippen LogP contribution in [0.4, 0.5) is 0 Å². The number of nitrogens with zero attached hydrogens (tertiary/aromatic N) is 1. The number of rotatable bonds is 4. The largest absolute Gasteiger partial charge is 0.369 e. The number of benzene rings is 1. The first-order valence-electron chi connectivity index (χ1n) is 7.62. The van der Waals surface area contributed by atoms with E-state index in [4.69, 9.17) is 5.73 Å². The molecule has 1 aliphatic rings. The molecule has 0 unspecified atom stereocenters. The Morgan fingerprint density at radius 3 is 2.61 bits per heavy atom. The van der Waals surface area contributed by atoms with Gasteiger partial charge in [-0.25, -0.2) is 13.1 Å². The lowest BCUT2D eigenvalue weighted by molar-refractivity contribution is -0.122. The highest BCUT2D eigenvalue weighted by molar-refractivity contribution is 7.89. The Kier molecular flexibility index (Phi) is 4.32. The zero-order valence-corrected chi connectivity index (χ0v) is 13.4. The quantitative estimate of drug-likeness (QED) is 0.886. The lowest BCUT2D eigenvalue weighted by atomic mass is 9.86. The second-order valence-corrected chi connectivity index (χ2v) is 7.64. The van der Waals surface area contributed by atoms with E-state index in [9.17, 15) is 13.2 Å². The zero-order valence-electron chi connectivity index (χ0n) is 12.6. The summed E-state index contributed by atoms with van der Waals surface area (Å²) in [6.45, 7) is 0. The molecule has 0 atom stereocenters. The fourth-order valence-electron chi connectivity index (χ4n) is 3.00. The number of primary amides is 1. The van der Waals surface area contributed by atoms with Gasteiger partial charge in [-0.05, 0) is 49.9 Å². The highest BCUT2D eigenvalue weighted by Gasteiger charge is 2.28. The molecule has 0 radical (unpaired) electrons. The normalized spacial score (nSPS) is 22.1. The Morgan fingerprint density at radius 1 is 1.17 bits per heavy atom. The SMILES string of the molecule is NC(=O)C1CCC(NS(=O)(=O)c2ccc3ncccc3c2)CC1. The molecule has 0 saturated heterocycles. The predicted molar refractivity (Wildman–Crippen MR) is 87.0 cm³/mol. The molecular weight excluding hydrogens is 314 g/mol. The number of hydrogen-bond acceptors (Lipinski definition) is 4. The molecule has 1 heterocycles. The standard InChI is InChI=1S/C16H19N3O3S/c17-16(20)11-3-5-13(6-4-11)19-23(21,22)14-7-8-15-12(10-14)2-1-9-18-15/h1-2,7-11,13,19H,3-6H2,(H2,17,20). The lowest BCUT2D eigenvalue weighted by Gasteiger charge is -2.27. The molecule has 0 aliphatic heterocycles. The van der Waals surface area contributed by atoms with Crippen LogP contribution in [0, 0.1) is 5.92 Å². The van der Waals surface area contributed by atoms with E-state index in [-0.39, 0.29) is 22.8 Å². The van der Waals surface area contributed by atoms with Gasteiger partial charge in [-0.2, -0.15) is 0 Å². The fraction of sp³-hybridized carbons (Fsp3) is 0.375. The van der Waals surface area contributed by atoms with Gasteiger partial charge >= 0.3 is 0 Å². The average molecular weight is 333 g/mol. The van der Waals surface area contributed by atoms with Crippen molar-refractivity contribution < 1.29 is 13.2 Å². The van der Waals surface area contributed by atoms with E-state index in [2.05, 4.69) is 9.71 Å². The summed E-state index contributed by atoms with van der Waals surface area (Å²) in [5, 5.41) is 0.785. The van der Waals surface area contributed by atoms with Crippen molar-refractivity contribution in [2.24, 2.45) is 11.7 Å². The Hall–Kier alpha value is -1.99. The Balaban J connectivity index is 1.74. The van der Waals surface area contributed by atoms with E-state index in [0.29, 0.717) is 25.7 Å². The summed E-state index contributed by atoms with van der Waals surface area (Å²) in [5.41, 5.74) is 6.06. The number of nitrogens with one attached hydrogen (secondary N) is 1. The first kappa shape index (κ1) is 15.9. The van der Waals surface area contributed by atoms with Crippen molar-refractivity contribution in [3.8, 4) is 0 Å². The number of amides is 1. The van der Waals surface area contributed by atoms with Crippen molar-refractivity contribution in [2.45, 2.75) is 36.6 Å². The van der Waals surface area contributed by atoms with E-state index in [1.165, 1.54) is 0 Å². The van der Waals surface area contributed by atoms with Crippen LogP contribution in [0.2, 0.25) is 0 Å². The van der Waals surface area contributed by atoms with E-state index in [1.54, 1.807) is 30.5 Å². The van der Waals surface area contributed by atoms with Gasteiger partial charge in [-0.3, -0.25) is 9.78 Å². The van der Waals surface area contributed by atoms with Gasteiger partial charge in [0.2, 0.25) is 15.9 Å². The van der Waals surface area contributed by atoms with Crippen LogP contribution in [0.5, 0.6) is 0 Å². The fourth-order valence-corrected chi connectivity index (χ4v) is 4.34. The Bertz CT molecular complexity index is 827. The van der Waals surface area contributed by atoms with Gasteiger partial charge < -0.3 is 5.73 Å². The van der Waals surface area contributed by atoms with Crippen LogP contribution in [0.25, 0.3) is 10.9 Å². The second kappa shape index (κ2) is 6.25. The van der Waals surface area contributed by atoms with E-state index in [0.717, 1.165) is 10.9 Å². The lowest BCUT2D eigenvalue weighted by Crippen LogP contribution is -2.39. The number of fused-ring (bicyclic) bond motifs is 1. The number of carbonyl (C=O) groups excluding carboxylic acids is 1. The molecule has 1 amide bonds. The van der Waals surface area contributed by atoms with Gasteiger partial charge in [-0.15, -0.1) is 0 Å². The van der Waals surface area contributed by atoms with Gasteiger partial charge in [0.05, 0.1) is 10.4 Å². The van der Waals surface area contributed by atoms with Crippen molar-refractivity contribution in [1.82, 2.24) is 9.71 Å². The summed E-state index contributed by atoms with van der Waals surface area (Å²) in [7, 11) is -3.58. The van der Waals surface area contributed by atoms with Crippen LogP contribution in [0.15, 0.2) is 41.4 Å². The van der Waals surface area contributed by atoms with Crippen LogP contribution < -0.4 is 10.5 Å². The number of nitrogens with two attached hydrogens (primary N) is 1. The molecule has 122 valence electrons. The maximum atomic E-state index is 12.5. The molecule has 1 aliphatic carbocycles. The topological polar surface area (TPSA) is 102 Å². The minimum atomic E-state index is -3.58. The molecule has 0 bridgehead atoms. The average Bonchev–Trinajstić information content (AvgIpc) is 2.54. The first-order chi connectivity index (χ1) is 11.0. The predicted octanol–water partition coefficient (Wildman–Crippen LogP) is 1.56. The summed E-state index contributed by atoms with van der Waals surface area (Å²) in [5.74, 6) is -0.434. The third-order valence-electron chi connectivity index (χ3n) is 4.34. The molecule has 23 heavy (non-hydrogen) atoms. The summed E-state index contributed by atoms with van der Waals surface area (Å²) < 4.78 is 27.8. The highest BCUT2D eigenvalue weighted by Crippen LogP contribution is 2.25. The number of sulfonamides is 1. The molecule has 1 aromatic heterocycles. The third-order valence-corrected chi connectivity index (χ3v) is 5.85. The highest BCUT2D eigenvalue weighted by atomic mass is 32.2. The van der Waals surface area contributed by atoms with Crippen molar-refractivity contribution in [3.05, 3.63) is 36.5 Å². The summed E-state index contributed by atoms with van der Waals surface area (Å²) in [6, 6.07) is 8.34. The van der Waals surface area contributed by atoms with Crippen molar-refractivity contribution >= 4 is 26.8 Å². The zero-order chi connectivity index (χ0) is 16.4. The molecule has 6 nitrogen and oxygen atoms in total. The second-order valence-electron chi connectivity index (χ2n) is 5.93. The summed E-state index contributed by atoms with van der Waals surface area (Å²) in [6.07, 6.45) is 4.18. The third kappa shape index (κ3) is 3.51. The minimum absolute atomic E-state index is 0.137. The van der Waals surface area contributed by atoms with Crippen LogP contribution in [-0.2, 0) is 14.8 Å². The van der Waals surface area contributed by atoms with E-state index < -0.39 is 10.0 Å². The Morgan fingerprint density at radius 2 is 1.91 bits per heavy atom. The van der Waals surface area contributed by atoms with Crippen LogP contribution in [0.1, 0.15) is 25.7 Å². The van der Waals surface area contributed by atoms with Gasteiger partial charge in [0.15, 0.2) is 0 Å². The number of pyridine rings is 1. The number of aromatic nitrogens is 1.